The molecule has 3 rings (SSSR count). The van der Waals surface area contributed by atoms with Crippen molar-refractivity contribution in [2.75, 3.05) is 13.1 Å². The molecule has 8 heteroatoms. The molecule has 32 heavy (non-hydrogen) atoms. The average molecular weight is 451 g/mol. The smallest absolute Gasteiger partial charge is 0.475 e. The third kappa shape index (κ3) is 8.70. The highest BCUT2D eigenvalue weighted by molar-refractivity contribution is 5.93. The normalized spacial score (nSPS) is 14.3. The summed E-state index contributed by atoms with van der Waals surface area (Å²) in [5, 5.41) is 10.8. The summed E-state index contributed by atoms with van der Waals surface area (Å²) in [5.41, 5.74) is 9.49. The Morgan fingerprint density at radius 3 is 2.19 bits per heavy atom. The van der Waals surface area contributed by atoms with Crippen LogP contribution >= 0.6 is 0 Å². The Balaban J connectivity index is 0.000000451. The number of rotatable bonds is 7. The number of hydrogen-bond donors (Lipinski definition) is 3. The van der Waals surface area contributed by atoms with Gasteiger partial charge in [0.15, 0.2) is 0 Å². The number of aliphatic carboxylic acids is 1. The number of halogens is 3. The van der Waals surface area contributed by atoms with Crippen molar-refractivity contribution >= 4 is 11.9 Å². The van der Waals surface area contributed by atoms with Gasteiger partial charge in [0.1, 0.15) is 0 Å². The molecule has 0 aromatic heterocycles. The van der Waals surface area contributed by atoms with Crippen LogP contribution in [0.4, 0.5) is 13.2 Å². The molecule has 1 amide bonds. The van der Waals surface area contributed by atoms with Gasteiger partial charge < -0.3 is 16.2 Å². The van der Waals surface area contributed by atoms with Crippen LogP contribution in [0.5, 0.6) is 0 Å². The Morgan fingerprint density at radius 2 is 1.62 bits per heavy atom. The molecule has 4 N–H and O–H groups in total. The van der Waals surface area contributed by atoms with Crippen LogP contribution in [0.25, 0.3) is 11.1 Å². The number of benzene rings is 2. The summed E-state index contributed by atoms with van der Waals surface area (Å²) in [4.78, 5) is 20.1. The van der Waals surface area contributed by atoms with Gasteiger partial charge in [-0.2, -0.15) is 13.2 Å². The van der Waals surface area contributed by atoms with Crippen LogP contribution in [0.3, 0.4) is 0 Å². The fourth-order valence-electron chi connectivity index (χ4n) is 3.66. The molecule has 0 heterocycles. The zero-order valence-corrected chi connectivity index (χ0v) is 17.8. The summed E-state index contributed by atoms with van der Waals surface area (Å²) in [6.45, 7) is 2.19. The van der Waals surface area contributed by atoms with E-state index in [2.05, 4.69) is 29.6 Å². The Kier molecular flexibility index (Phi) is 9.71. The first kappa shape index (κ1) is 25.4. The summed E-state index contributed by atoms with van der Waals surface area (Å²) < 4.78 is 31.7. The van der Waals surface area contributed by atoms with E-state index >= 15 is 0 Å². The summed E-state index contributed by atoms with van der Waals surface area (Å²) in [7, 11) is 0. The summed E-state index contributed by atoms with van der Waals surface area (Å²) in [5.74, 6) is -2.26. The number of carboxylic acid groups (broad SMARTS) is 1. The van der Waals surface area contributed by atoms with Gasteiger partial charge >= 0.3 is 12.1 Å². The van der Waals surface area contributed by atoms with E-state index in [1.54, 1.807) is 12.1 Å². The van der Waals surface area contributed by atoms with E-state index in [1.165, 1.54) is 43.2 Å². The summed E-state index contributed by atoms with van der Waals surface area (Å²) >= 11 is 0. The molecule has 0 radical (unpaired) electrons. The number of nitrogens with two attached hydrogens (primary N) is 1. The van der Waals surface area contributed by atoms with Crippen molar-refractivity contribution in [3.63, 3.8) is 0 Å². The van der Waals surface area contributed by atoms with Crippen LogP contribution in [0.1, 0.15) is 48.0 Å². The maximum Gasteiger partial charge on any atom is 0.490 e. The fourth-order valence-corrected chi connectivity index (χ4v) is 3.66. The van der Waals surface area contributed by atoms with Crippen molar-refractivity contribution in [3.8, 4) is 11.1 Å². The molecule has 2 aromatic rings. The first-order valence-corrected chi connectivity index (χ1v) is 10.7. The molecule has 0 aliphatic heterocycles. The van der Waals surface area contributed by atoms with E-state index in [0.717, 1.165) is 31.0 Å². The minimum atomic E-state index is -5.08. The molecule has 2 aromatic carbocycles. The van der Waals surface area contributed by atoms with Gasteiger partial charge in [0.05, 0.1) is 0 Å². The van der Waals surface area contributed by atoms with Gasteiger partial charge in [0.2, 0.25) is 5.91 Å². The van der Waals surface area contributed by atoms with Gasteiger partial charge in [-0.3, -0.25) is 4.79 Å². The fraction of sp³-hybridized carbons (Fsp3) is 0.417. The van der Waals surface area contributed by atoms with Crippen LogP contribution in [0, 0.1) is 5.92 Å². The highest BCUT2D eigenvalue weighted by Gasteiger charge is 2.38. The van der Waals surface area contributed by atoms with Gasteiger partial charge in [-0.1, -0.05) is 55.7 Å². The van der Waals surface area contributed by atoms with Crippen molar-refractivity contribution in [1.29, 1.82) is 0 Å². The topological polar surface area (TPSA) is 92.4 Å². The number of primary amides is 1. The predicted molar refractivity (Wildman–Crippen MR) is 117 cm³/mol. The van der Waals surface area contributed by atoms with Crippen molar-refractivity contribution in [3.05, 3.63) is 59.7 Å². The monoisotopic (exact) mass is 450 g/mol. The highest BCUT2D eigenvalue weighted by atomic mass is 19.4. The minimum absolute atomic E-state index is 0.385. The zero-order valence-electron chi connectivity index (χ0n) is 17.8. The average Bonchev–Trinajstić information content (AvgIpc) is 2.77. The lowest BCUT2D eigenvalue weighted by atomic mass is 9.89. The molecule has 0 bridgehead atoms. The molecule has 0 unspecified atom stereocenters. The lowest BCUT2D eigenvalue weighted by Crippen LogP contribution is -2.26. The third-order valence-corrected chi connectivity index (χ3v) is 5.42. The highest BCUT2D eigenvalue weighted by Crippen LogP contribution is 2.23. The van der Waals surface area contributed by atoms with Crippen LogP contribution in [0.2, 0.25) is 0 Å². The van der Waals surface area contributed by atoms with Crippen molar-refractivity contribution in [2.24, 2.45) is 11.7 Å². The van der Waals surface area contributed by atoms with Gasteiger partial charge in [-0.15, -0.1) is 0 Å². The Bertz CT molecular complexity index is 877. The van der Waals surface area contributed by atoms with E-state index in [4.69, 9.17) is 15.6 Å². The van der Waals surface area contributed by atoms with Crippen LogP contribution in [0.15, 0.2) is 48.5 Å². The molecule has 5 nitrogen and oxygen atoms in total. The second-order valence-electron chi connectivity index (χ2n) is 7.90. The molecule has 0 atom stereocenters. The molecule has 1 aliphatic rings. The van der Waals surface area contributed by atoms with E-state index < -0.39 is 12.1 Å². The van der Waals surface area contributed by atoms with Gasteiger partial charge in [-0.25, -0.2) is 4.79 Å². The predicted octanol–water partition coefficient (Wildman–Crippen LogP) is 4.80. The lowest BCUT2D eigenvalue weighted by molar-refractivity contribution is -0.192. The SMILES string of the molecule is NC(=O)c1ccc(-c2cccc(CCNCC3CCCCC3)c2)cc1.O=C(O)C(F)(F)F. The second-order valence-corrected chi connectivity index (χ2v) is 7.90. The molecule has 1 fully saturated rings. The molecule has 1 saturated carbocycles. The van der Waals surface area contributed by atoms with Crippen molar-refractivity contribution in [2.45, 2.75) is 44.7 Å². The maximum absolute atomic E-state index is 11.2. The maximum atomic E-state index is 11.2. The summed E-state index contributed by atoms with van der Waals surface area (Å²) in [6, 6.07) is 16.1. The van der Waals surface area contributed by atoms with Crippen molar-refractivity contribution < 1.29 is 27.9 Å². The number of hydrogen-bond acceptors (Lipinski definition) is 3. The number of carbonyl (C=O) groups excluding carboxylic acids is 1. The van der Waals surface area contributed by atoms with E-state index in [-0.39, 0.29) is 5.91 Å². The molecule has 174 valence electrons. The third-order valence-electron chi connectivity index (χ3n) is 5.42. The quantitative estimate of drug-likeness (QED) is 0.529. The molecular formula is C24H29F3N2O3. The Hall–Kier alpha value is -2.87. The minimum Gasteiger partial charge on any atom is -0.475 e. The summed E-state index contributed by atoms with van der Waals surface area (Å²) in [6.07, 6.45) is 2.98. The second kappa shape index (κ2) is 12.2. The number of amides is 1. The van der Waals surface area contributed by atoms with Crippen molar-refractivity contribution in [1.82, 2.24) is 5.32 Å². The molecular weight excluding hydrogens is 421 g/mol. The van der Waals surface area contributed by atoms with E-state index in [0.29, 0.717) is 5.56 Å². The lowest BCUT2D eigenvalue weighted by Gasteiger charge is -2.21. The standard InChI is InChI=1S/C22H28N2O.C2HF3O2/c23-22(25)20-11-9-19(10-12-20)21-8-4-7-17(15-21)13-14-24-16-18-5-2-1-3-6-18;3-2(4,5)1(6)7/h4,7-12,15,18,24H,1-3,5-6,13-14,16H2,(H2,23,25);(H,6,7). The number of carboxylic acids is 1. The number of nitrogens with one attached hydrogen (secondary N) is 1. The largest absolute Gasteiger partial charge is 0.490 e. The van der Waals surface area contributed by atoms with Gasteiger partial charge in [0.25, 0.3) is 0 Å². The Morgan fingerprint density at radius 1 is 1.00 bits per heavy atom. The van der Waals surface area contributed by atoms with Gasteiger partial charge in [-0.05, 0) is 67.1 Å². The zero-order chi connectivity index (χ0) is 23.6. The van der Waals surface area contributed by atoms with E-state index in [1.807, 2.05) is 12.1 Å². The number of carbonyl (C=O) groups is 2. The van der Waals surface area contributed by atoms with E-state index in [9.17, 15) is 18.0 Å². The number of alkyl halides is 3. The molecule has 0 spiro atoms. The molecule has 1 aliphatic carbocycles. The first-order chi connectivity index (χ1) is 15.2. The first-order valence-electron chi connectivity index (χ1n) is 10.7. The van der Waals surface area contributed by atoms with Crippen LogP contribution < -0.4 is 11.1 Å². The van der Waals surface area contributed by atoms with Gasteiger partial charge in [0, 0.05) is 5.56 Å². The van der Waals surface area contributed by atoms with Crippen LogP contribution in [-0.4, -0.2) is 36.2 Å². The van der Waals surface area contributed by atoms with Crippen LogP contribution in [-0.2, 0) is 11.2 Å². The molecule has 0 saturated heterocycles. The Labute approximate surface area is 185 Å².